The van der Waals surface area contributed by atoms with E-state index in [1.165, 1.54) is 0 Å². The second kappa shape index (κ2) is 8.85. The number of Topliss-reactive ketones (excluding diaryl/α,β-unsaturated/α-hetero) is 1. The molecule has 0 heterocycles. The normalized spacial score (nSPS) is 45.3. The molecule has 0 bridgehead atoms. The molecule has 1 amide bonds. The Morgan fingerprint density at radius 3 is 2.38 bits per heavy atom. The number of nitriles is 1. The van der Waals surface area contributed by atoms with Gasteiger partial charge in [0.25, 0.3) is 0 Å². The molecular formula is C32H45N3O4. The molecule has 0 aliphatic heterocycles. The first-order chi connectivity index (χ1) is 18.1. The Bertz CT molecular complexity index is 1230. The molecule has 0 spiro atoms. The summed E-state index contributed by atoms with van der Waals surface area (Å²) in [5, 5.41) is 22.2. The molecule has 3 N–H and O–H groups in total. The Labute approximate surface area is 232 Å². The van der Waals surface area contributed by atoms with Gasteiger partial charge in [0.15, 0.2) is 11.6 Å². The van der Waals surface area contributed by atoms with Crippen LogP contribution in [-0.2, 0) is 14.4 Å². The minimum absolute atomic E-state index is 0.0198. The number of amides is 1. The van der Waals surface area contributed by atoms with Crippen molar-refractivity contribution in [3.8, 4) is 6.07 Å². The van der Waals surface area contributed by atoms with E-state index in [0.29, 0.717) is 6.42 Å². The van der Waals surface area contributed by atoms with Crippen LogP contribution in [0.4, 0.5) is 0 Å². The first-order valence-electron chi connectivity index (χ1n) is 14.7. The zero-order valence-electron chi connectivity index (χ0n) is 24.6. The minimum atomic E-state index is -0.650. The first-order valence-corrected chi connectivity index (χ1v) is 14.7. The number of carbonyl (C=O) groups is 3. The summed E-state index contributed by atoms with van der Waals surface area (Å²) >= 11 is 0. The molecule has 3 unspecified atom stereocenters. The predicted molar refractivity (Wildman–Crippen MR) is 147 cm³/mol. The topological polar surface area (TPSA) is 119 Å². The number of allylic oxidation sites excluding steroid dienone is 4. The van der Waals surface area contributed by atoms with E-state index < -0.39 is 17.0 Å². The number of ketones is 2. The van der Waals surface area contributed by atoms with Crippen LogP contribution in [-0.4, -0.2) is 28.8 Å². The zero-order chi connectivity index (χ0) is 28.8. The van der Waals surface area contributed by atoms with E-state index in [9.17, 15) is 24.9 Å². The summed E-state index contributed by atoms with van der Waals surface area (Å²) in [7, 11) is 0. The number of carbonyl (C=O) groups excluding carboxylic acids is 3. The fraction of sp³-hybridized carbons (Fsp3) is 0.750. The Kier molecular flexibility index (Phi) is 6.41. The number of nitrogens with one attached hydrogen (secondary N) is 2. The van der Waals surface area contributed by atoms with Crippen molar-refractivity contribution in [1.29, 1.82) is 5.26 Å². The SMILES string of the molecule is CC(NO)NC(=O)[C@]12CCC(C)(C)CC1C1C(=O)C=C3[C@@]4(C)C=C(C#N)C(=O)[C@@H](C)[C@@H]4CC[C@@]3(C)[C@]1(C)CC2. The number of nitrogens with zero attached hydrogens (tertiary/aromatic N) is 1. The average molecular weight is 536 g/mol. The van der Waals surface area contributed by atoms with E-state index in [0.717, 1.165) is 44.1 Å². The van der Waals surface area contributed by atoms with Gasteiger partial charge < -0.3 is 10.5 Å². The molecular weight excluding hydrogens is 490 g/mol. The molecule has 9 atom stereocenters. The van der Waals surface area contributed by atoms with Gasteiger partial charge >= 0.3 is 0 Å². The maximum Gasteiger partial charge on any atom is 0.227 e. The molecule has 0 radical (unpaired) electrons. The highest BCUT2D eigenvalue weighted by Gasteiger charge is 2.70. The number of hydrogen-bond acceptors (Lipinski definition) is 6. The van der Waals surface area contributed by atoms with Crippen LogP contribution in [0.25, 0.3) is 0 Å². The lowest BCUT2D eigenvalue weighted by Crippen LogP contribution is -2.66. The van der Waals surface area contributed by atoms with Crippen molar-refractivity contribution in [2.45, 2.75) is 99.6 Å². The van der Waals surface area contributed by atoms with E-state index in [1.54, 1.807) is 6.92 Å². The van der Waals surface area contributed by atoms with Crippen molar-refractivity contribution in [3.63, 3.8) is 0 Å². The van der Waals surface area contributed by atoms with Crippen LogP contribution < -0.4 is 10.8 Å². The van der Waals surface area contributed by atoms with E-state index >= 15 is 0 Å². The maximum absolute atomic E-state index is 14.4. The third kappa shape index (κ3) is 3.70. The number of hydroxylamine groups is 1. The summed E-state index contributed by atoms with van der Waals surface area (Å²) in [6.45, 7) is 14.9. The summed E-state index contributed by atoms with van der Waals surface area (Å²) in [5.74, 6) is -0.644. The molecule has 7 heteroatoms. The van der Waals surface area contributed by atoms with Crippen molar-refractivity contribution in [2.24, 2.45) is 50.7 Å². The summed E-state index contributed by atoms with van der Waals surface area (Å²) in [6, 6.07) is 2.14. The first kappa shape index (κ1) is 28.2. The second-order valence-electron chi connectivity index (χ2n) is 14.9. The molecule has 0 saturated heterocycles. The van der Waals surface area contributed by atoms with Crippen LogP contribution in [0, 0.1) is 62.1 Å². The summed E-state index contributed by atoms with van der Waals surface area (Å²) in [6.07, 6.45) is 8.83. The summed E-state index contributed by atoms with van der Waals surface area (Å²) in [4.78, 5) is 41.3. The molecule has 7 nitrogen and oxygen atoms in total. The van der Waals surface area contributed by atoms with E-state index in [1.807, 2.05) is 19.1 Å². The van der Waals surface area contributed by atoms with Gasteiger partial charge in [0.05, 0.1) is 17.2 Å². The van der Waals surface area contributed by atoms with Crippen LogP contribution in [0.1, 0.15) is 93.4 Å². The molecule has 5 aliphatic rings. The lowest BCUT2D eigenvalue weighted by atomic mass is 9.34. The van der Waals surface area contributed by atoms with Gasteiger partial charge in [-0.25, -0.2) is 0 Å². The molecule has 5 rings (SSSR count). The number of rotatable bonds is 3. The lowest BCUT2D eigenvalue weighted by Gasteiger charge is -2.68. The lowest BCUT2D eigenvalue weighted by molar-refractivity contribution is -0.178. The number of fused-ring (bicyclic) bond motifs is 7. The monoisotopic (exact) mass is 535 g/mol. The average Bonchev–Trinajstić information content (AvgIpc) is 2.87. The molecule has 3 saturated carbocycles. The van der Waals surface area contributed by atoms with Crippen LogP contribution in [0.2, 0.25) is 0 Å². The Morgan fingerprint density at radius 2 is 1.74 bits per heavy atom. The summed E-state index contributed by atoms with van der Waals surface area (Å²) < 4.78 is 0. The fourth-order valence-electron chi connectivity index (χ4n) is 10.0. The summed E-state index contributed by atoms with van der Waals surface area (Å²) in [5.41, 5.74) is 1.63. The second-order valence-corrected chi connectivity index (χ2v) is 14.9. The molecule has 212 valence electrons. The van der Waals surface area contributed by atoms with Crippen LogP contribution in [0.3, 0.4) is 0 Å². The van der Waals surface area contributed by atoms with Gasteiger partial charge in [0.1, 0.15) is 6.07 Å². The van der Waals surface area contributed by atoms with Gasteiger partial charge in [-0.3, -0.25) is 14.4 Å². The fourth-order valence-corrected chi connectivity index (χ4v) is 10.0. The molecule has 0 aromatic rings. The maximum atomic E-state index is 14.4. The zero-order valence-corrected chi connectivity index (χ0v) is 24.6. The van der Waals surface area contributed by atoms with Crippen LogP contribution in [0.5, 0.6) is 0 Å². The van der Waals surface area contributed by atoms with E-state index in [2.05, 4.69) is 51.5 Å². The Hall–Kier alpha value is -2.30. The van der Waals surface area contributed by atoms with Gasteiger partial charge in [-0.1, -0.05) is 53.2 Å². The third-order valence-electron chi connectivity index (χ3n) is 12.5. The van der Waals surface area contributed by atoms with E-state index in [-0.39, 0.29) is 63.0 Å². The predicted octanol–water partition coefficient (Wildman–Crippen LogP) is 5.26. The third-order valence-corrected chi connectivity index (χ3v) is 12.5. The van der Waals surface area contributed by atoms with Crippen molar-refractivity contribution in [1.82, 2.24) is 10.8 Å². The van der Waals surface area contributed by atoms with Crippen molar-refractivity contribution in [2.75, 3.05) is 0 Å². The van der Waals surface area contributed by atoms with Gasteiger partial charge in [0, 0.05) is 17.3 Å². The standard InChI is InChI=1S/C32H45N3O4/c1-18-21-8-9-30(6)24(29(21,5)15-20(17-33)26(18)37)14-23(36)25-22-16-28(3,4)10-12-32(22,13-11-31(25,30)7)27(38)34-19(2)35-39/h14-15,18-19,21-22,25,35,39H,8-13,16H2,1-7H3,(H,34,38)/t18-,19?,21-,22?,25?,29-,30+,31+,32-/m0/s1. The van der Waals surface area contributed by atoms with Gasteiger partial charge in [-0.15, -0.1) is 0 Å². The Morgan fingerprint density at radius 1 is 1.08 bits per heavy atom. The minimum Gasteiger partial charge on any atom is -0.339 e. The van der Waals surface area contributed by atoms with Gasteiger partial charge in [0.2, 0.25) is 5.91 Å². The highest BCUT2D eigenvalue weighted by atomic mass is 16.5. The van der Waals surface area contributed by atoms with E-state index in [4.69, 9.17) is 0 Å². The quantitative estimate of drug-likeness (QED) is 0.335. The molecule has 5 aliphatic carbocycles. The highest BCUT2D eigenvalue weighted by molar-refractivity contribution is 6.02. The highest BCUT2D eigenvalue weighted by Crippen LogP contribution is 2.73. The van der Waals surface area contributed by atoms with Gasteiger partial charge in [-0.2, -0.15) is 10.7 Å². The van der Waals surface area contributed by atoms with Crippen LogP contribution in [0.15, 0.2) is 23.3 Å². The smallest absolute Gasteiger partial charge is 0.227 e. The molecule has 0 aromatic heterocycles. The Balaban J connectivity index is 1.65. The van der Waals surface area contributed by atoms with Crippen LogP contribution >= 0.6 is 0 Å². The molecule has 3 fully saturated rings. The molecule has 0 aromatic carbocycles. The molecule has 39 heavy (non-hydrogen) atoms. The van der Waals surface area contributed by atoms with Gasteiger partial charge in [-0.05, 0) is 86.0 Å². The number of hydrogen-bond donors (Lipinski definition) is 3. The van der Waals surface area contributed by atoms with Crippen molar-refractivity contribution >= 4 is 17.5 Å². The van der Waals surface area contributed by atoms with Crippen molar-refractivity contribution < 1.29 is 19.6 Å². The van der Waals surface area contributed by atoms with Crippen molar-refractivity contribution in [3.05, 3.63) is 23.3 Å². The largest absolute Gasteiger partial charge is 0.339 e.